The molecular weight excluding hydrogens is 338 g/mol. The first-order valence-electron chi connectivity index (χ1n) is 7.24. The Hall–Kier alpha value is -2.03. The Balaban J connectivity index is 2.05. The molecule has 3 aromatic rings. The minimum absolute atomic E-state index is 0.0831. The third-order valence-corrected chi connectivity index (χ3v) is 4.45. The molecule has 24 heavy (non-hydrogen) atoms. The van der Waals surface area contributed by atoms with Gasteiger partial charge in [0, 0.05) is 28.4 Å². The van der Waals surface area contributed by atoms with Crippen molar-refractivity contribution in [1.29, 1.82) is 0 Å². The van der Waals surface area contributed by atoms with Crippen molar-refractivity contribution in [2.24, 2.45) is 0 Å². The first-order valence-corrected chi connectivity index (χ1v) is 9.13. The molecule has 1 aromatic heterocycles. The Bertz CT molecular complexity index is 956. The van der Waals surface area contributed by atoms with E-state index in [1.165, 1.54) is 24.3 Å². The van der Waals surface area contributed by atoms with Crippen molar-refractivity contribution in [1.82, 2.24) is 9.29 Å². The number of halogens is 2. The molecule has 1 heterocycles. The molecule has 0 amide bonds. The Morgan fingerprint density at radius 1 is 1.08 bits per heavy atom. The zero-order valence-corrected chi connectivity index (χ0v) is 13.6. The maximum Gasteiger partial charge on any atom is 0.208 e. The summed E-state index contributed by atoms with van der Waals surface area (Å²) >= 11 is 0. The number of nitrogens with one attached hydrogen (secondary N) is 1. The van der Waals surface area contributed by atoms with E-state index in [2.05, 4.69) is 4.72 Å². The highest BCUT2D eigenvalue weighted by molar-refractivity contribution is 7.88. The summed E-state index contributed by atoms with van der Waals surface area (Å²) in [5, 5.41) is 11.2. The largest absolute Gasteiger partial charge is 0.390 e. The van der Waals surface area contributed by atoms with Crippen LogP contribution < -0.4 is 4.72 Å². The predicted molar refractivity (Wildman–Crippen MR) is 88.2 cm³/mol. The van der Waals surface area contributed by atoms with E-state index in [1.54, 1.807) is 16.7 Å². The molecule has 2 N–H and O–H groups in total. The fourth-order valence-corrected chi connectivity index (χ4v) is 3.26. The van der Waals surface area contributed by atoms with E-state index in [9.17, 15) is 22.3 Å². The number of hydrogen-bond donors (Lipinski definition) is 2. The zero-order chi connectivity index (χ0) is 17.5. The molecule has 0 aliphatic rings. The first kappa shape index (κ1) is 16.8. The molecule has 2 aromatic carbocycles. The quantitative estimate of drug-likeness (QED) is 0.736. The smallest absolute Gasteiger partial charge is 0.208 e. The summed E-state index contributed by atoms with van der Waals surface area (Å²) in [7, 11) is -3.41. The van der Waals surface area contributed by atoms with Crippen molar-refractivity contribution in [3.8, 4) is 0 Å². The van der Waals surface area contributed by atoms with E-state index in [-0.39, 0.29) is 13.1 Å². The second kappa shape index (κ2) is 6.12. The molecule has 0 fully saturated rings. The highest BCUT2D eigenvalue weighted by atomic mass is 32.2. The van der Waals surface area contributed by atoms with Crippen LogP contribution in [0.3, 0.4) is 0 Å². The predicted octanol–water partition coefficient (Wildman–Crippen LogP) is 1.98. The molecule has 8 heteroatoms. The monoisotopic (exact) mass is 354 g/mol. The maximum absolute atomic E-state index is 13.6. The number of benzene rings is 2. The van der Waals surface area contributed by atoms with Crippen molar-refractivity contribution in [3.63, 3.8) is 0 Å². The molecule has 128 valence electrons. The lowest BCUT2D eigenvalue weighted by atomic mass is 10.1. The Labute approximate surface area is 137 Å². The van der Waals surface area contributed by atoms with E-state index in [4.69, 9.17) is 0 Å². The SMILES string of the molecule is CS(=O)(=O)NCC(O)Cn1c2ccc(F)cc2c2cc(F)ccc21. The second-order valence-electron chi connectivity index (χ2n) is 5.71. The van der Waals surface area contributed by atoms with Gasteiger partial charge in [-0.1, -0.05) is 0 Å². The van der Waals surface area contributed by atoms with Gasteiger partial charge in [0.2, 0.25) is 10.0 Å². The van der Waals surface area contributed by atoms with E-state index >= 15 is 0 Å². The molecule has 0 aliphatic heterocycles. The summed E-state index contributed by atoms with van der Waals surface area (Å²) in [5.41, 5.74) is 1.27. The van der Waals surface area contributed by atoms with Crippen LogP contribution in [-0.4, -0.2) is 37.0 Å². The molecule has 0 aliphatic carbocycles. The molecule has 3 rings (SSSR count). The Kier molecular flexibility index (Phi) is 4.29. The summed E-state index contributed by atoms with van der Waals surface area (Å²) < 4.78 is 53.3. The number of aliphatic hydroxyl groups is 1. The van der Waals surface area contributed by atoms with Crippen molar-refractivity contribution in [3.05, 3.63) is 48.0 Å². The van der Waals surface area contributed by atoms with Crippen LogP contribution in [0.15, 0.2) is 36.4 Å². The lowest BCUT2D eigenvalue weighted by molar-refractivity contribution is 0.161. The zero-order valence-electron chi connectivity index (χ0n) is 12.8. The average molecular weight is 354 g/mol. The number of rotatable bonds is 5. The van der Waals surface area contributed by atoms with Crippen molar-refractivity contribution in [2.75, 3.05) is 12.8 Å². The van der Waals surface area contributed by atoms with Gasteiger partial charge in [0.05, 0.1) is 18.9 Å². The van der Waals surface area contributed by atoms with Gasteiger partial charge >= 0.3 is 0 Å². The maximum atomic E-state index is 13.6. The molecule has 0 radical (unpaired) electrons. The lowest BCUT2D eigenvalue weighted by Gasteiger charge is -2.14. The highest BCUT2D eigenvalue weighted by Gasteiger charge is 2.16. The molecule has 1 atom stereocenters. The third-order valence-electron chi connectivity index (χ3n) is 3.76. The normalized spacial score (nSPS) is 13.7. The second-order valence-corrected chi connectivity index (χ2v) is 7.54. The summed E-state index contributed by atoms with van der Waals surface area (Å²) in [4.78, 5) is 0. The Morgan fingerprint density at radius 3 is 2.04 bits per heavy atom. The minimum Gasteiger partial charge on any atom is -0.390 e. The molecule has 0 saturated heterocycles. The van der Waals surface area contributed by atoms with Crippen LogP contribution in [0.2, 0.25) is 0 Å². The van der Waals surface area contributed by atoms with Gasteiger partial charge in [-0.3, -0.25) is 0 Å². The number of sulfonamides is 1. The van der Waals surface area contributed by atoms with Crippen LogP contribution in [0.4, 0.5) is 8.78 Å². The number of hydrogen-bond acceptors (Lipinski definition) is 3. The van der Waals surface area contributed by atoms with Crippen LogP contribution in [-0.2, 0) is 16.6 Å². The van der Waals surface area contributed by atoms with Gasteiger partial charge in [0.25, 0.3) is 0 Å². The van der Waals surface area contributed by atoms with Gasteiger partial charge in [-0.15, -0.1) is 0 Å². The molecule has 0 bridgehead atoms. The number of aromatic nitrogens is 1. The van der Waals surface area contributed by atoms with Crippen LogP contribution >= 0.6 is 0 Å². The molecule has 0 spiro atoms. The Morgan fingerprint density at radius 2 is 1.58 bits per heavy atom. The van der Waals surface area contributed by atoms with E-state index in [0.717, 1.165) is 6.26 Å². The molecule has 1 unspecified atom stereocenters. The van der Waals surface area contributed by atoms with Crippen LogP contribution in [0, 0.1) is 11.6 Å². The van der Waals surface area contributed by atoms with E-state index in [0.29, 0.717) is 21.8 Å². The van der Waals surface area contributed by atoms with Gasteiger partial charge < -0.3 is 9.67 Å². The third kappa shape index (κ3) is 3.40. The molecule has 5 nitrogen and oxygen atoms in total. The molecular formula is C16H16F2N2O3S. The van der Waals surface area contributed by atoms with Gasteiger partial charge in [0.1, 0.15) is 11.6 Å². The summed E-state index contributed by atoms with van der Waals surface area (Å²) in [6, 6.07) is 8.31. The van der Waals surface area contributed by atoms with E-state index in [1.807, 2.05) is 0 Å². The summed E-state index contributed by atoms with van der Waals surface area (Å²) in [6.07, 6.45) is 0.0137. The van der Waals surface area contributed by atoms with Gasteiger partial charge in [-0.05, 0) is 36.4 Å². The number of fused-ring (bicyclic) bond motifs is 3. The minimum atomic E-state index is -3.41. The van der Waals surface area contributed by atoms with Crippen molar-refractivity contribution in [2.45, 2.75) is 12.6 Å². The topological polar surface area (TPSA) is 71.3 Å². The van der Waals surface area contributed by atoms with Crippen LogP contribution in [0.5, 0.6) is 0 Å². The lowest BCUT2D eigenvalue weighted by Crippen LogP contribution is -2.33. The van der Waals surface area contributed by atoms with Gasteiger partial charge in [0.15, 0.2) is 0 Å². The first-order chi connectivity index (χ1) is 11.2. The standard InChI is InChI=1S/C16H16F2N2O3S/c1-24(22,23)19-8-12(21)9-20-15-4-2-10(17)6-13(15)14-7-11(18)3-5-16(14)20/h2-7,12,19,21H,8-9H2,1H3. The van der Waals surface area contributed by atoms with Gasteiger partial charge in [-0.25, -0.2) is 21.9 Å². The van der Waals surface area contributed by atoms with Gasteiger partial charge in [-0.2, -0.15) is 0 Å². The molecule has 0 saturated carbocycles. The average Bonchev–Trinajstić information content (AvgIpc) is 2.78. The summed E-state index contributed by atoms with van der Waals surface area (Å²) in [5.74, 6) is -0.879. The van der Waals surface area contributed by atoms with Crippen molar-refractivity contribution >= 4 is 31.8 Å². The number of aliphatic hydroxyl groups excluding tert-OH is 1. The highest BCUT2D eigenvalue weighted by Crippen LogP contribution is 2.30. The van der Waals surface area contributed by atoms with E-state index < -0.39 is 27.8 Å². The summed E-state index contributed by atoms with van der Waals surface area (Å²) in [6.45, 7) is -0.0673. The van der Waals surface area contributed by atoms with Crippen LogP contribution in [0.1, 0.15) is 0 Å². The fourth-order valence-electron chi connectivity index (χ4n) is 2.77. The fraction of sp³-hybridized carbons (Fsp3) is 0.250. The van der Waals surface area contributed by atoms with Crippen LogP contribution in [0.25, 0.3) is 21.8 Å². The van der Waals surface area contributed by atoms with Crippen molar-refractivity contribution < 1.29 is 22.3 Å². The number of nitrogens with zero attached hydrogens (tertiary/aromatic N) is 1.